The van der Waals surface area contributed by atoms with Gasteiger partial charge in [0.1, 0.15) is 11.6 Å². The summed E-state index contributed by atoms with van der Waals surface area (Å²) in [6.45, 7) is 0. The standard InChI is InChI=1S/C12H11N5O2/c1-16(2)7-14-12-10(6-13)9-4-3-8(17(18)19)5-11(9)15-12/h3-5,7,15H,1-2H3/b14-7+. The predicted octanol–water partition coefficient (Wildman–Crippen LogP) is 2.17. The topological polar surface area (TPSA) is 98.3 Å². The molecule has 1 N–H and O–H groups in total. The maximum atomic E-state index is 10.7. The summed E-state index contributed by atoms with van der Waals surface area (Å²) < 4.78 is 0. The van der Waals surface area contributed by atoms with Crippen molar-refractivity contribution in [2.24, 2.45) is 4.99 Å². The monoisotopic (exact) mass is 257 g/mol. The molecule has 1 heterocycles. The molecule has 2 rings (SSSR count). The molecule has 0 aliphatic rings. The van der Waals surface area contributed by atoms with Gasteiger partial charge in [0.2, 0.25) is 0 Å². The second-order valence-corrected chi connectivity index (χ2v) is 4.16. The van der Waals surface area contributed by atoms with Gasteiger partial charge < -0.3 is 9.88 Å². The molecule has 0 saturated carbocycles. The van der Waals surface area contributed by atoms with Crippen molar-refractivity contribution in [3.8, 4) is 6.07 Å². The van der Waals surface area contributed by atoms with Gasteiger partial charge in [-0.05, 0) is 6.07 Å². The lowest BCUT2D eigenvalue weighted by Gasteiger charge is -2.00. The van der Waals surface area contributed by atoms with Gasteiger partial charge in [0.05, 0.1) is 16.8 Å². The number of nitro groups is 1. The Bertz CT molecular complexity index is 709. The number of fused-ring (bicyclic) bond motifs is 1. The van der Waals surface area contributed by atoms with Crippen LogP contribution >= 0.6 is 0 Å². The third-order valence-electron chi connectivity index (χ3n) is 2.50. The largest absolute Gasteiger partial charge is 0.369 e. The first kappa shape index (κ1) is 12.6. The van der Waals surface area contributed by atoms with Crippen LogP contribution < -0.4 is 0 Å². The number of aromatic nitrogens is 1. The normalized spacial score (nSPS) is 10.8. The zero-order valence-electron chi connectivity index (χ0n) is 10.4. The van der Waals surface area contributed by atoms with Gasteiger partial charge in [0.25, 0.3) is 5.69 Å². The molecule has 0 aliphatic heterocycles. The van der Waals surface area contributed by atoms with E-state index in [1.807, 2.05) is 14.1 Å². The Morgan fingerprint density at radius 1 is 1.53 bits per heavy atom. The van der Waals surface area contributed by atoms with Crippen LogP contribution in [0.4, 0.5) is 11.5 Å². The van der Waals surface area contributed by atoms with E-state index in [0.29, 0.717) is 22.3 Å². The maximum absolute atomic E-state index is 10.7. The Kier molecular flexibility index (Phi) is 3.16. The van der Waals surface area contributed by atoms with Gasteiger partial charge >= 0.3 is 0 Å². The van der Waals surface area contributed by atoms with Crippen LogP contribution in [0.1, 0.15) is 5.56 Å². The molecule has 0 radical (unpaired) electrons. The number of H-pyrrole nitrogens is 1. The van der Waals surface area contributed by atoms with Gasteiger partial charge in [0, 0.05) is 31.6 Å². The highest BCUT2D eigenvalue weighted by atomic mass is 16.6. The third kappa shape index (κ3) is 2.37. The van der Waals surface area contributed by atoms with E-state index in [0.717, 1.165) is 0 Å². The van der Waals surface area contributed by atoms with Crippen LogP contribution in [0, 0.1) is 21.4 Å². The molecule has 96 valence electrons. The Hall–Kier alpha value is -2.88. The molecule has 0 aliphatic carbocycles. The van der Waals surface area contributed by atoms with Crippen molar-refractivity contribution in [3.63, 3.8) is 0 Å². The minimum atomic E-state index is -0.477. The van der Waals surface area contributed by atoms with Gasteiger partial charge in [-0.25, -0.2) is 4.99 Å². The summed E-state index contributed by atoms with van der Waals surface area (Å²) in [6, 6.07) is 6.38. The number of nitro benzene ring substituents is 1. The number of rotatable bonds is 3. The molecule has 19 heavy (non-hydrogen) atoms. The van der Waals surface area contributed by atoms with E-state index < -0.39 is 4.92 Å². The summed E-state index contributed by atoms with van der Waals surface area (Å²) in [5, 5.41) is 20.5. The molecule has 7 nitrogen and oxygen atoms in total. The van der Waals surface area contributed by atoms with E-state index in [1.165, 1.54) is 12.1 Å². The lowest BCUT2D eigenvalue weighted by Crippen LogP contribution is -2.07. The molecule has 1 aromatic carbocycles. The lowest BCUT2D eigenvalue weighted by atomic mass is 10.1. The fraction of sp³-hybridized carbons (Fsp3) is 0.167. The summed E-state index contributed by atoms with van der Waals surface area (Å²) in [5.41, 5.74) is 0.876. The fourth-order valence-electron chi connectivity index (χ4n) is 1.67. The quantitative estimate of drug-likeness (QED) is 0.394. The number of aliphatic imine (C=N–C) groups is 1. The van der Waals surface area contributed by atoms with Crippen molar-refractivity contribution in [1.29, 1.82) is 5.26 Å². The van der Waals surface area contributed by atoms with Crippen molar-refractivity contribution in [3.05, 3.63) is 33.9 Å². The lowest BCUT2D eigenvalue weighted by molar-refractivity contribution is -0.384. The molecule has 0 atom stereocenters. The van der Waals surface area contributed by atoms with Crippen molar-refractivity contribution < 1.29 is 4.92 Å². The van der Waals surface area contributed by atoms with Gasteiger partial charge in [-0.15, -0.1) is 0 Å². The van der Waals surface area contributed by atoms with Crippen molar-refractivity contribution in [2.75, 3.05) is 14.1 Å². The highest BCUT2D eigenvalue weighted by Crippen LogP contribution is 2.29. The molecular formula is C12H11N5O2. The van der Waals surface area contributed by atoms with Crippen LogP contribution in [0.15, 0.2) is 23.2 Å². The van der Waals surface area contributed by atoms with E-state index in [1.54, 1.807) is 17.3 Å². The number of aromatic amines is 1. The first-order valence-electron chi connectivity index (χ1n) is 5.43. The summed E-state index contributed by atoms with van der Waals surface area (Å²) in [4.78, 5) is 19.0. The Morgan fingerprint density at radius 3 is 2.84 bits per heavy atom. The average molecular weight is 257 g/mol. The maximum Gasteiger partial charge on any atom is 0.271 e. The first-order chi connectivity index (χ1) is 9.02. The van der Waals surface area contributed by atoms with Crippen LogP contribution in [0.25, 0.3) is 10.9 Å². The van der Waals surface area contributed by atoms with Crippen LogP contribution in [0.5, 0.6) is 0 Å². The van der Waals surface area contributed by atoms with Crippen LogP contribution in [-0.2, 0) is 0 Å². The fourth-order valence-corrected chi connectivity index (χ4v) is 1.67. The molecular weight excluding hydrogens is 246 g/mol. The molecule has 0 spiro atoms. The summed E-state index contributed by atoms with van der Waals surface area (Å²) >= 11 is 0. The number of nitrogens with one attached hydrogen (secondary N) is 1. The SMILES string of the molecule is CN(C)/C=N/c1[nH]c2cc([N+](=O)[O-])ccc2c1C#N. The number of hydrogen-bond donors (Lipinski definition) is 1. The second kappa shape index (κ2) is 4.78. The molecule has 0 fully saturated rings. The summed E-state index contributed by atoms with van der Waals surface area (Å²) in [7, 11) is 3.62. The Morgan fingerprint density at radius 2 is 2.26 bits per heavy atom. The van der Waals surface area contributed by atoms with Crippen molar-refractivity contribution in [2.45, 2.75) is 0 Å². The van der Waals surface area contributed by atoms with Gasteiger partial charge in [-0.1, -0.05) is 0 Å². The number of nitrogens with zero attached hydrogens (tertiary/aromatic N) is 4. The van der Waals surface area contributed by atoms with Crippen LogP contribution in [-0.4, -0.2) is 35.2 Å². The molecule has 1 aromatic heterocycles. The van der Waals surface area contributed by atoms with E-state index in [9.17, 15) is 10.1 Å². The highest BCUT2D eigenvalue weighted by Gasteiger charge is 2.14. The molecule has 7 heteroatoms. The zero-order valence-corrected chi connectivity index (χ0v) is 10.4. The average Bonchev–Trinajstić information content (AvgIpc) is 2.72. The number of nitriles is 1. The molecule has 0 bridgehead atoms. The number of hydrogen-bond acceptors (Lipinski definition) is 4. The van der Waals surface area contributed by atoms with Gasteiger partial charge in [-0.3, -0.25) is 10.1 Å². The Labute approximate surface area is 108 Å². The predicted molar refractivity (Wildman–Crippen MR) is 71.5 cm³/mol. The molecule has 0 unspecified atom stereocenters. The van der Waals surface area contributed by atoms with E-state index in [2.05, 4.69) is 16.0 Å². The zero-order chi connectivity index (χ0) is 14.0. The highest BCUT2D eigenvalue weighted by molar-refractivity contribution is 5.92. The minimum Gasteiger partial charge on any atom is -0.369 e. The van der Waals surface area contributed by atoms with Crippen LogP contribution in [0.2, 0.25) is 0 Å². The van der Waals surface area contributed by atoms with E-state index >= 15 is 0 Å². The molecule has 0 amide bonds. The number of non-ortho nitro benzene ring substituents is 1. The van der Waals surface area contributed by atoms with Crippen molar-refractivity contribution >= 4 is 28.7 Å². The summed E-state index contributed by atoms with van der Waals surface area (Å²) in [5.74, 6) is 0.395. The Balaban J connectivity index is 2.61. The smallest absolute Gasteiger partial charge is 0.271 e. The third-order valence-corrected chi connectivity index (χ3v) is 2.50. The number of benzene rings is 1. The van der Waals surface area contributed by atoms with Crippen LogP contribution in [0.3, 0.4) is 0 Å². The van der Waals surface area contributed by atoms with Gasteiger partial charge in [0.15, 0.2) is 5.82 Å². The molecule has 2 aromatic rings. The second-order valence-electron chi connectivity index (χ2n) is 4.16. The summed E-state index contributed by atoms with van der Waals surface area (Å²) in [6.07, 6.45) is 1.56. The molecule has 0 saturated heterocycles. The van der Waals surface area contributed by atoms with Gasteiger partial charge in [-0.2, -0.15) is 5.26 Å². The van der Waals surface area contributed by atoms with E-state index in [-0.39, 0.29) is 5.69 Å². The minimum absolute atomic E-state index is 0.0265. The van der Waals surface area contributed by atoms with E-state index in [4.69, 9.17) is 5.26 Å². The first-order valence-corrected chi connectivity index (χ1v) is 5.43. The van der Waals surface area contributed by atoms with Crippen molar-refractivity contribution in [1.82, 2.24) is 9.88 Å².